The first kappa shape index (κ1) is 16.3. The number of ether oxygens (including phenoxy) is 1. The lowest BCUT2D eigenvalue weighted by Gasteiger charge is -2.32. The Hall–Kier alpha value is -1.10. The molecule has 1 fully saturated rings. The molecule has 1 unspecified atom stereocenters. The molecule has 1 aromatic carbocycles. The van der Waals surface area contributed by atoms with Crippen LogP contribution in [0.15, 0.2) is 24.3 Å². The van der Waals surface area contributed by atoms with Crippen molar-refractivity contribution in [2.45, 2.75) is 44.4 Å². The molecule has 1 heterocycles. The number of halogens is 1. The Bertz CT molecular complexity index is 495. The van der Waals surface area contributed by atoms with Crippen LogP contribution in [0, 0.1) is 0 Å². The molecule has 1 saturated heterocycles. The zero-order valence-electron chi connectivity index (χ0n) is 12.3. The Morgan fingerprint density at radius 2 is 2.19 bits per heavy atom. The van der Waals surface area contributed by atoms with Gasteiger partial charge in [0.15, 0.2) is 0 Å². The molecule has 2 aliphatic rings. The Labute approximate surface area is 132 Å². The molecule has 0 saturated carbocycles. The predicted molar refractivity (Wildman–Crippen MR) is 84.7 cm³/mol. The lowest BCUT2D eigenvalue weighted by atomic mass is 9.87. The third-order valence-electron chi connectivity index (χ3n) is 4.28. The van der Waals surface area contributed by atoms with Crippen molar-refractivity contribution < 1.29 is 9.53 Å². The third-order valence-corrected chi connectivity index (χ3v) is 4.28. The summed E-state index contributed by atoms with van der Waals surface area (Å²) in [5, 5.41) is 6.44. The van der Waals surface area contributed by atoms with Gasteiger partial charge in [0.1, 0.15) is 6.04 Å². The van der Waals surface area contributed by atoms with Gasteiger partial charge in [0.2, 0.25) is 5.91 Å². The second-order valence-corrected chi connectivity index (χ2v) is 5.66. The molecule has 4 nitrogen and oxygen atoms in total. The molecule has 1 aliphatic heterocycles. The summed E-state index contributed by atoms with van der Waals surface area (Å²) < 4.78 is 5.55. The van der Waals surface area contributed by atoms with Crippen LogP contribution in [-0.2, 0) is 16.0 Å². The monoisotopic (exact) mass is 310 g/mol. The van der Waals surface area contributed by atoms with E-state index >= 15 is 0 Å². The van der Waals surface area contributed by atoms with Crippen LogP contribution >= 0.6 is 12.4 Å². The van der Waals surface area contributed by atoms with E-state index in [0.717, 1.165) is 25.8 Å². The van der Waals surface area contributed by atoms with Crippen molar-refractivity contribution >= 4 is 18.3 Å². The minimum absolute atomic E-state index is 0. The molecule has 0 aromatic heterocycles. The second-order valence-electron chi connectivity index (χ2n) is 5.66. The summed E-state index contributed by atoms with van der Waals surface area (Å²) in [6.07, 6.45) is 3.20. The normalized spacial score (nSPS) is 28.1. The maximum absolute atomic E-state index is 12.4. The highest BCUT2D eigenvalue weighted by molar-refractivity contribution is 5.85. The molecule has 21 heavy (non-hydrogen) atoms. The number of hydrogen-bond donors (Lipinski definition) is 2. The van der Waals surface area contributed by atoms with E-state index in [4.69, 9.17) is 4.74 Å². The number of amides is 1. The van der Waals surface area contributed by atoms with Crippen molar-refractivity contribution in [2.24, 2.45) is 0 Å². The predicted octanol–water partition coefficient (Wildman–Crippen LogP) is 1.98. The van der Waals surface area contributed by atoms with E-state index < -0.39 is 0 Å². The number of morpholine rings is 1. The minimum atomic E-state index is -0.238. The van der Waals surface area contributed by atoms with Crippen LogP contribution in [0.1, 0.15) is 36.9 Å². The van der Waals surface area contributed by atoms with Crippen molar-refractivity contribution in [1.29, 1.82) is 0 Å². The molecule has 0 radical (unpaired) electrons. The molecular weight excluding hydrogens is 288 g/mol. The zero-order chi connectivity index (χ0) is 13.9. The van der Waals surface area contributed by atoms with Crippen LogP contribution < -0.4 is 10.6 Å². The number of carbonyl (C=O) groups is 1. The van der Waals surface area contributed by atoms with Crippen molar-refractivity contribution in [3.05, 3.63) is 35.4 Å². The van der Waals surface area contributed by atoms with Gasteiger partial charge < -0.3 is 15.4 Å². The van der Waals surface area contributed by atoms with Gasteiger partial charge in [0, 0.05) is 6.54 Å². The second kappa shape index (κ2) is 7.25. The van der Waals surface area contributed by atoms with Gasteiger partial charge in [-0.15, -0.1) is 12.4 Å². The van der Waals surface area contributed by atoms with Gasteiger partial charge in [-0.3, -0.25) is 4.79 Å². The molecule has 1 aromatic rings. The minimum Gasteiger partial charge on any atom is -0.375 e. The standard InChI is InChI=1S/C16H22N2O2.ClH/c1-11-15(17-9-10-20-11)16(19)18-14-8-4-6-12-5-2-3-7-13(12)14;/h2-3,5,7,11,14-15,17H,4,6,8-10H2,1H3,(H,18,19);1H/t11-,14?,15+;/m1./s1. The smallest absolute Gasteiger partial charge is 0.240 e. The quantitative estimate of drug-likeness (QED) is 0.878. The van der Waals surface area contributed by atoms with Crippen LogP contribution in [0.4, 0.5) is 0 Å². The fourth-order valence-corrected chi connectivity index (χ4v) is 3.19. The highest BCUT2D eigenvalue weighted by Crippen LogP contribution is 2.29. The summed E-state index contributed by atoms with van der Waals surface area (Å²) in [5.74, 6) is 0.0545. The van der Waals surface area contributed by atoms with Crippen LogP contribution in [-0.4, -0.2) is 31.2 Å². The summed E-state index contributed by atoms with van der Waals surface area (Å²) in [4.78, 5) is 12.4. The average Bonchev–Trinajstić information content (AvgIpc) is 2.48. The maximum atomic E-state index is 12.4. The fraction of sp³-hybridized carbons (Fsp3) is 0.562. The maximum Gasteiger partial charge on any atom is 0.240 e. The lowest BCUT2D eigenvalue weighted by Crippen LogP contribution is -2.56. The molecule has 3 atom stereocenters. The van der Waals surface area contributed by atoms with Gasteiger partial charge in [0.25, 0.3) is 0 Å². The summed E-state index contributed by atoms with van der Waals surface area (Å²) in [5.41, 5.74) is 2.64. The Morgan fingerprint density at radius 1 is 1.38 bits per heavy atom. The first-order valence-corrected chi connectivity index (χ1v) is 7.49. The zero-order valence-corrected chi connectivity index (χ0v) is 13.1. The molecule has 0 bridgehead atoms. The number of rotatable bonds is 2. The van der Waals surface area contributed by atoms with Crippen molar-refractivity contribution in [1.82, 2.24) is 10.6 Å². The molecular formula is C16H23ClN2O2. The molecule has 3 rings (SSSR count). The molecule has 5 heteroatoms. The highest BCUT2D eigenvalue weighted by atomic mass is 35.5. The molecule has 0 spiro atoms. The highest BCUT2D eigenvalue weighted by Gasteiger charge is 2.30. The largest absolute Gasteiger partial charge is 0.375 e. The van der Waals surface area contributed by atoms with Crippen LogP contribution in [0.3, 0.4) is 0 Å². The van der Waals surface area contributed by atoms with E-state index in [1.807, 2.05) is 13.0 Å². The Balaban J connectivity index is 0.00000161. The summed E-state index contributed by atoms with van der Waals surface area (Å²) in [6.45, 7) is 3.37. The van der Waals surface area contributed by atoms with E-state index in [-0.39, 0.29) is 36.5 Å². The summed E-state index contributed by atoms with van der Waals surface area (Å²) in [6, 6.07) is 8.32. The number of carbonyl (C=O) groups excluding carboxylic acids is 1. The topological polar surface area (TPSA) is 50.4 Å². The molecule has 1 aliphatic carbocycles. The summed E-state index contributed by atoms with van der Waals surface area (Å²) in [7, 11) is 0. The fourth-order valence-electron chi connectivity index (χ4n) is 3.19. The van der Waals surface area contributed by atoms with E-state index in [0.29, 0.717) is 6.61 Å². The number of hydrogen-bond acceptors (Lipinski definition) is 3. The van der Waals surface area contributed by atoms with Crippen LogP contribution in [0.2, 0.25) is 0 Å². The molecule has 1 amide bonds. The van der Waals surface area contributed by atoms with Gasteiger partial charge in [-0.1, -0.05) is 24.3 Å². The Kier molecular flexibility index (Phi) is 5.62. The van der Waals surface area contributed by atoms with E-state index in [1.54, 1.807) is 0 Å². The van der Waals surface area contributed by atoms with Crippen molar-refractivity contribution in [2.75, 3.05) is 13.2 Å². The lowest BCUT2D eigenvalue weighted by molar-refractivity contribution is -0.129. The SMILES string of the molecule is C[C@H]1OCCN[C@@H]1C(=O)NC1CCCc2ccccc21.Cl. The van der Waals surface area contributed by atoms with E-state index in [9.17, 15) is 4.79 Å². The first-order chi connectivity index (χ1) is 9.75. The van der Waals surface area contributed by atoms with Crippen molar-refractivity contribution in [3.8, 4) is 0 Å². The van der Waals surface area contributed by atoms with Gasteiger partial charge in [-0.05, 0) is 37.3 Å². The molecule has 116 valence electrons. The van der Waals surface area contributed by atoms with Gasteiger partial charge >= 0.3 is 0 Å². The van der Waals surface area contributed by atoms with Crippen LogP contribution in [0.25, 0.3) is 0 Å². The first-order valence-electron chi connectivity index (χ1n) is 7.49. The van der Waals surface area contributed by atoms with Crippen molar-refractivity contribution in [3.63, 3.8) is 0 Å². The average molecular weight is 311 g/mol. The van der Waals surface area contributed by atoms with Crippen LogP contribution in [0.5, 0.6) is 0 Å². The molecule has 2 N–H and O–H groups in total. The van der Waals surface area contributed by atoms with E-state index in [2.05, 4.69) is 28.8 Å². The third kappa shape index (κ3) is 3.57. The number of benzene rings is 1. The van der Waals surface area contributed by atoms with Gasteiger partial charge in [0.05, 0.1) is 18.8 Å². The van der Waals surface area contributed by atoms with E-state index in [1.165, 1.54) is 11.1 Å². The number of fused-ring (bicyclic) bond motifs is 1. The number of aryl methyl sites for hydroxylation is 1. The number of nitrogens with one attached hydrogen (secondary N) is 2. The summed E-state index contributed by atoms with van der Waals surface area (Å²) >= 11 is 0. The van der Waals surface area contributed by atoms with Gasteiger partial charge in [-0.25, -0.2) is 0 Å². The Morgan fingerprint density at radius 3 is 3.00 bits per heavy atom. The van der Waals surface area contributed by atoms with Gasteiger partial charge in [-0.2, -0.15) is 0 Å².